The molecule has 0 heterocycles. The van der Waals surface area contributed by atoms with Crippen molar-refractivity contribution in [2.24, 2.45) is 23.7 Å². The second-order valence-corrected chi connectivity index (χ2v) is 9.97. The number of unbranched alkanes of at least 4 members (excludes halogenated alkanes) is 8. The Morgan fingerprint density at radius 2 is 0.769 bits per heavy atom. The third-order valence-electron chi connectivity index (χ3n) is 7.88. The van der Waals surface area contributed by atoms with E-state index in [2.05, 4.69) is 13.8 Å². The van der Waals surface area contributed by atoms with Crippen molar-refractivity contribution in [3.05, 3.63) is 0 Å². The van der Waals surface area contributed by atoms with Crippen LogP contribution >= 0.6 is 0 Å². The fourth-order valence-corrected chi connectivity index (χ4v) is 5.97. The van der Waals surface area contributed by atoms with E-state index in [0.29, 0.717) is 0 Å². The van der Waals surface area contributed by atoms with E-state index in [4.69, 9.17) is 0 Å². The summed E-state index contributed by atoms with van der Waals surface area (Å²) in [5.41, 5.74) is 0. The summed E-state index contributed by atoms with van der Waals surface area (Å²) in [6, 6.07) is 0. The Bertz CT molecular complexity index is 304. The van der Waals surface area contributed by atoms with Gasteiger partial charge >= 0.3 is 0 Å². The van der Waals surface area contributed by atoms with E-state index in [1.807, 2.05) is 0 Å². The molecule has 0 bridgehead atoms. The predicted octanol–water partition coefficient (Wildman–Crippen LogP) is 9.32. The van der Waals surface area contributed by atoms with Crippen molar-refractivity contribution >= 4 is 0 Å². The normalized spacial score (nSPS) is 29.8. The highest BCUT2D eigenvalue weighted by molar-refractivity contribution is 4.82. The molecule has 0 saturated heterocycles. The first-order valence-corrected chi connectivity index (χ1v) is 12.8. The van der Waals surface area contributed by atoms with Crippen LogP contribution in [0.2, 0.25) is 0 Å². The minimum atomic E-state index is 1.09. The molecule has 2 rings (SSSR count). The predicted molar refractivity (Wildman–Crippen MR) is 118 cm³/mol. The summed E-state index contributed by atoms with van der Waals surface area (Å²) in [6.07, 6.45) is 30.3. The first-order chi connectivity index (χ1) is 12.8. The van der Waals surface area contributed by atoms with Gasteiger partial charge in [0.05, 0.1) is 0 Å². The van der Waals surface area contributed by atoms with Gasteiger partial charge in [0.25, 0.3) is 0 Å². The fraction of sp³-hybridized carbons (Fsp3) is 1.00. The van der Waals surface area contributed by atoms with E-state index in [9.17, 15) is 0 Å². The first-order valence-electron chi connectivity index (χ1n) is 12.8. The van der Waals surface area contributed by atoms with E-state index in [0.717, 1.165) is 23.7 Å². The van der Waals surface area contributed by atoms with E-state index in [1.54, 1.807) is 57.8 Å². The van der Waals surface area contributed by atoms with Crippen LogP contribution in [0, 0.1) is 23.7 Å². The van der Waals surface area contributed by atoms with Crippen LogP contribution in [0.15, 0.2) is 0 Å². The fourth-order valence-electron chi connectivity index (χ4n) is 5.97. The molecule has 0 radical (unpaired) electrons. The quantitative estimate of drug-likeness (QED) is 0.286. The third kappa shape index (κ3) is 8.79. The van der Waals surface area contributed by atoms with Gasteiger partial charge in [-0.25, -0.2) is 0 Å². The average Bonchev–Trinajstić information content (AvgIpc) is 2.69. The van der Waals surface area contributed by atoms with Gasteiger partial charge in [-0.2, -0.15) is 0 Å². The smallest absolute Gasteiger partial charge is 0.0386 e. The average molecular weight is 363 g/mol. The lowest BCUT2D eigenvalue weighted by molar-refractivity contribution is 0.139. The molecule has 2 fully saturated rings. The van der Waals surface area contributed by atoms with Crippen LogP contribution in [-0.2, 0) is 0 Å². The van der Waals surface area contributed by atoms with Crippen molar-refractivity contribution in [1.29, 1.82) is 0 Å². The number of hydrogen-bond donors (Lipinski definition) is 0. The molecule has 0 aromatic carbocycles. The van der Waals surface area contributed by atoms with Crippen molar-refractivity contribution in [3.8, 4) is 0 Å². The summed E-state index contributed by atoms with van der Waals surface area (Å²) in [7, 11) is 0. The van der Waals surface area contributed by atoms with Crippen molar-refractivity contribution in [3.63, 3.8) is 0 Å². The minimum Gasteiger partial charge on any atom is -0.0654 e. The highest BCUT2D eigenvalue weighted by atomic mass is 14.4. The van der Waals surface area contributed by atoms with Gasteiger partial charge in [-0.05, 0) is 49.4 Å². The van der Waals surface area contributed by atoms with Crippen molar-refractivity contribution in [2.45, 2.75) is 142 Å². The Morgan fingerprint density at radius 1 is 0.423 bits per heavy atom. The molecule has 0 spiro atoms. The van der Waals surface area contributed by atoms with Gasteiger partial charge in [0.15, 0.2) is 0 Å². The van der Waals surface area contributed by atoms with E-state index < -0.39 is 0 Å². The molecule has 2 aliphatic rings. The molecule has 0 aliphatic heterocycles. The van der Waals surface area contributed by atoms with Gasteiger partial charge in [0, 0.05) is 0 Å². The SMILES string of the molecule is CCCCCCCC[C@H]1CC[C@H]([C@H]2CC[C@H](CCCCCC)CC2)CC1. The lowest BCUT2D eigenvalue weighted by atomic mass is 9.68. The number of rotatable bonds is 13. The Morgan fingerprint density at radius 3 is 1.19 bits per heavy atom. The molecule has 0 unspecified atom stereocenters. The van der Waals surface area contributed by atoms with Crippen molar-refractivity contribution in [2.75, 3.05) is 0 Å². The molecule has 26 heavy (non-hydrogen) atoms. The summed E-state index contributed by atoms with van der Waals surface area (Å²) in [6.45, 7) is 4.64. The molecule has 0 heteroatoms. The zero-order valence-electron chi connectivity index (χ0n) is 18.5. The largest absolute Gasteiger partial charge is 0.0654 e. The topological polar surface area (TPSA) is 0 Å². The van der Waals surface area contributed by atoms with Crippen LogP contribution in [0.4, 0.5) is 0 Å². The molecule has 0 N–H and O–H groups in total. The van der Waals surface area contributed by atoms with Crippen LogP contribution in [-0.4, -0.2) is 0 Å². The molecule has 2 aliphatic carbocycles. The minimum absolute atomic E-state index is 1.09. The van der Waals surface area contributed by atoms with Crippen molar-refractivity contribution < 1.29 is 0 Å². The van der Waals surface area contributed by atoms with Gasteiger partial charge in [-0.1, -0.05) is 117 Å². The van der Waals surface area contributed by atoms with E-state index in [1.165, 1.54) is 70.6 Å². The zero-order valence-corrected chi connectivity index (χ0v) is 18.5. The van der Waals surface area contributed by atoms with Crippen LogP contribution in [0.5, 0.6) is 0 Å². The lowest BCUT2D eigenvalue weighted by Crippen LogP contribution is -2.25. The molecule has 0 aromatic rings. The third-order valence-corrected chi connectivity index (χ3v) is 7.88. The van der Waals surface area contributed by atoms with E-state index >= 15 is 0 Å². The molecule has 154 valence electrons. The standard InChI is InChI=1S/C26H50/c1-3-5-7-9-10-12-14-24-17-21-26(22-18-24)25-19-15-23(16-20-25)13-11-8-6-4-2/h23-26H,3-22H2,1-2H3/t23-,24-,25-,26-. The summed E-state index contributed by atoms with van der Waals surface area (Å²) < 4.78 is 0. The van der Waals surface area contributed by atoms with Gasteiger partial charge in [0.1, 0.15) is 0 Å². The second kappa shape index (κ2) is 14.1. The monoisotopic (exact) mass is 362 g/mol. The maximum Gasteiger partial charge on any atom is -0.0386 e. The van der Waals surface area contributed by atoms with Crippen molar-refractivity contribution in [1.82, 2.24) is 0 Å². The summed E-state index contributed by atoms with van der Waals surface area (Å²) in [5.74, 6) is 4.40. The molecular weight excluding hydrogens is 312 g/mol. The maximum absolute atomic E-state index is 2.33. The highest BCUT2D eigenvalue weighted by Gasteiger charge is 2.30. The Balaban J connectivity index is 1.49. The summed E-state index contributed by atoms with van der Waals surface area (Å²) >= 11 is 0. The Hall–Kier alpha value is 0. The summed E-state index contributed by atoms with van der Waals surface area (Å²) in [4.78, 5) is 0. The molecule has 0 nitrogen and oxygen atoms in total. The molecular formula is C26H50. The number of hydrogen-bond acceptors (Lipinski definition) is 0. The first kappa shape index (κ1) is 22.3. The molecule has 0 amide bonds. The van der Waals surface area contributed by atoms with Crippen LogP contribution in [0.3, 0.4) is 0 Å². The molecule has 2 saturated carbocycles. The van der Waals surface area contributed by atoms with Gasteiger partial charge < -0.3 is 0 Å². The van der Waals surface area contributed by atoms with Gasteiger partial charge in [-0.15, -0.1) is 0 Å². The van der Waals surface area contributed by atoms with Crippen LogP contribution in [0.25, 0.3) is 0 Å². The molecule has 0 aromatic heterocycles. The highest BCUT2D eigenvalue weighted by Crippen LogP contribution is 2.43. The Kier molecular flexibility index (Phi) is 12.1. The van der Waals surface area contributed by atoms with Gasteiger partial charge in [0.2, 0.25) is 0 Å². The van der Waals surface area contributed by atoms with E-state index in [-0.39, 0.29) is 0 Å². The Labute approximate surface area is 166 Å². The molecule has 0 atom stereocenters. The zero-order chi connectivity index (χ0) is 18.5. The van der Waals surface area contributed by atoms with Crippen LogP contribution in [0.1, 0.15) is 142 Å². The summed E-state index contributed by atoms with van der Waals surface area (Å²) in [5, 5.41) is 0. The lowest BCUT2D eigenvalue weighted by Gasteiger charge is -2.38. The van der Waals surface area contributed by atoms with Gasteiger partial charge in [-0.3, -0.25) is 0 Å². The maximum atomic E-state index is 2.33. The van der Waals surface area contributed by atoms with Crippen LogP contribution < -0.4 is 0 Å². The second-order valence-electron chi connectivity index (χ2n) is 9.97.